The van der Waals surface area contributed by atoms with E-state index in [2.05, 4.69) is 10.3 Å². The van der Waals surface area contributed by atoms with Gasteiger partial charge in [0.25, 0.3) is 0 Å². The van der Waals surface area contributed by atoms with Gasteiger partial charge in [-0.1, -0.05) is 11.6 Å². The largest absolute Gasteiger partial charge is 0.384 e. The van der Waals surface area contributed by atoms with Crippen LogP contribution in [0.1, 0.15) is 6.92 Å². The molecule has 7 heteroatoms. The van der Waals surface area contributed by atoms with E-state index in [9.17, 15) is 8.42 Å². The minimum atomic E-state index is -3.49. The Labute approximate surface area is 93.7 Å². The fourth-order valence-electron chi connectivity index (χ4n) is 0.890. The molecule has 15 heavy (non-hydrogen) atoms. The van der Waals surface area contributed by atoms with Crippen molar-refractivity contribution in [3.8, 4) is 0 Å². The molecule has 3 N–H and O–H groups in total. The maximum absolute atomic E-state index is 10.9. The molecule has 1 rings (SSSR count). The minimum Gasteiger partial charge on any atom is -0.384 e. The Bertz CT molecular complexity index is 435. The van der Waals surface area contributed by atoms with E-state index >= 15 is 0 Å². The first-order valence-electron chi connectivity index (χ1n) is 4.26. The summed E-state index contributed by atoms with van der Waals surface area (Å²) >= 11 is 5.66. The van der Waals surface area contributed by atoms with E-state index in [0.29, 0.717) is 10.8 Å². The van der Waals surface area contributed by atoms with Gasteiger partial charge in [0, 0.05) is 18.4 Å². The van der Waals surface area contributed by atoms with Crippen molar-refractivity contribution in [1.29, 1.82) is 0 Å². The second-order valence-electron chi connectivity index (χ2n) is 3.15. The van der Waals surface area contributed by atoms with Gasteiger partial charge in [0.15, 0.2) is 0 Å². The number of sulfonamides is 1. The van der Waals surface area contributed by atoms with Crippen molar-refractivity contribution in [2.45, 2.75) is 12.2 Å². The third-order valence-electron chi connectivity index (χ3n) is 1.88. The van der Waals surface area contributed by atoms with Gasteiger partial charge in [-0.15, -0.1) is 0 Å². The number of hydrogen-bond donors (Lipinski definition) is 2. The Hall–Kier alpha value is -0.850. The molecule has 0 amide bonds. The van der Waals surface area contributed by atoms with Crippen LogP contribution < -0.4 is 10.5 Å². The maximum Gasteiger partial charge on any atom is 0.213 e. The molecule has 84 valence electrons. The van der Waals surface area contributed by atoms with E-state index in [4.69, 9.17) is 16.7 Å². The molecule has 1 aromatic heterocycles. The van der Waals surface area contributed by atoms with Gasteiger partial charge in [-0.25, -0.2) is 18.5 Å². The second-order valence-corrected chi connectivity index (χ2v) is 5.52. The highest BCUT2D eigenvalue weighted by Gasteiger charge is 2.14. The summed E-state index contributed by atoms with van der Waals surface area (Å²) in [6.45, 7) is 1.77. The SMILES string of the molecule is CC(CNc1ccnc(Cl)c1)S(N)(=O)=O. The van der Waals surface area contributed by atoms with Gasteiger partial charge in [-0.05, 0) is 19.1 Å². The summed E-state index contributed by atoms with van der Waals surface area (Å²) in [5.74, 6) is 0. The number of nitrogens with zero attached hydrogens (tertiary/aromatic N) is 1. The Morgan fingerprint density at radius 2 is 2.33 bits per heavy atom. The molecule has 5 nitrogen and oxygen atoms in total. The number of aromatic nitrogens is 1. The molecular weight excluding hydrogens is 238 g/mol. The lowest BCUT2D eigenvalue weighted by Gasteiger charge is -2.11. The molecular formula is C8H12ClN3O2S. The van der Waals surface area contributed by atoms with Crippen molar-refractivity contribution < 1.29 is 8.42 Å². The van der Waals surface area contributed by atoms with Crippen molar-refractivity contribution >= 4 is 27.3 Å². The zero-order valence-electron chi connectivity index (χ0n) is 8.14. The van der Waals surface area contributed by atoms with Crippen LogP contribution in [-0.4, -0.2) is 25.2 Å². The van der Waals surface area contributed by atoms with E-state index < -0.39 is 15.3 Å². The van der Waals surface area contributed by atoms with Crippen molar-refractivity contribution in [3.63, 3.8) is 0 Å². The molecule has 1 heterocycles. The summed E-state index contributed by atoms with van der Waals surface area (Å²) < 4.78 is 21.8. The van der Waals surface area contributed by atoms with Crippen molar-refractivity contribution in [2.24, 2.45) is 5.14 Å². The second kappa shape index (κ2) is 4.78. The molecule has 0 saturated carbocycles. The highest BCUT2D eigenvalue weighted by Crippen LogP contribution is 2.12. The van der Waals surface area contributed by atoms with Crippen LogP contribution in [0.5, 0.6) is 0 Å². The molecule has 0 aromatic carbocycles. The molecule has 0 fully saturated rings. The Morgan fingerprint density at radius 1 is 1.67 bits per heavy atom. The number of halogens is 1. The summed E-state index contributed by atoms with van der Waals surface area (Å²) in [6.07, 6.45) is 1.53. The Morgan fingerprint density at radius 3 is 2.87 bits per heavy atom. The fraction of sp³-hybridized carbons (Fsp3) is 0.375. The molecule has 0 aliphatic rings. The molecule has 0 saturated heterocycles. The Kier molecular flexibility index (Phi) is 3.90. The molecule has 1 aromatic rings. The first kappa shape index (κ1) is 12.2. The number of rotatable bonds is 4. The zero-order valence-corrected chi connectivity index (χ0v) is 9.72. The van der Waals surface area contributed by atoms with Crippen LogP contribution >= 0.6 is 11.6 Å². The first-order valence-corrected chi connectivity index (χ1v) is 6.25. The van der Waals surface area contributed by atoms with Crippen LogP contribution in [0, 0.1) is 0 Å². The van der Waals surface area contributed by atoms with Crippen LogP contribution in [0.2, 0.25) is 5.15 Å². The lowest BCUT2D eigenvalue weighted by atomic mass is 10.4. The lowest BCUT2D eigenvalue weighted by Crippen LogP contribution is -2.31. The highest BCUT2D eigenvalue weighted by molar-refractivity contribution is 7.89. The summed E-state index contributed by atoms with van der Waals surface area (Å²) in [6, 6.07) is 3.30. The number of anilines is 1. The van der Waals surface area contributed by atoms with Crippen LogP contribution in [0.15, 0.2) is 18.3 Å². The normalized spacial score (nSPS) is 13.5. The lowest BCUT2D eigenvalue weighted by molar-refractivity contribution is 0.587. The van der Waals surface area contributed by atoms with Gasteiger partial charge >= 0.3 is 0 Å². The predicted octanol–water partition coefficient (Wildman–Crippen LogP) is 0.824. The first-order chi connectivity index (χ1) is 6.89. The van der Waals surface area contributed by atoms with E-state index in [1.165, 1.54) is 13.1 Å². The maximum atomic E-state index is 10.9. The molecule has 1 unspecified atom stereocenters. The molecule has 1 atom stereocenters. The minimum absolute atomic E-state index is 0.235. The molecule has 0 bridgehead atoms. The number of hydrogen-bond acceptors (Lipinski definition) is 4. The average molecular weight is 250 g/mol. The van der Waals surface area contributed by atoms with Gasteiger partial charge in [0.05, 0.1) is 5.25 Å². The van der Waals surface area contributed by atoms with Gasteiger partial charge in [0.1, 0.15) is 5.15 Å². The van der Waals surface area contributed by atoms with Crippen molar-refractivity contribution in [3.05, 3.63) is 23.5 Å². The molecule has 0 aliphatic heterocycles. The van der Waals surface area contributed by atoms with Crippen LogP contribution in [-0.2, 0) is 10.0 Å². The topological polar surface area (TPSA) is 85.1 Å². The average Bonchev–Trinajstić information content (AvgIpc) is 2.12. The van der Waals surface area contributed by atoms with E-state index in [1.807, 2.05) is 0 Å². The number of nitrogens with one attached hydrogen (secondary N) is 1. The molecule has 0 aliphatic carbocycles. The van der Waals surface area contributed by atoms with Crippen LogP contribution in [0.3, 0.4) is 0 Å². The summed E-state index contributed by atoms with van der Waals surface area (Å²) in [5.41, 5.74) is 0.713. The van der Waals surface area contributed by atoms with Crippen LogP contribution in [0.4, 0.5) is 5.69 Å². The summed E-state index contributed by atoms with van der Waals surface area (Å²) in [5, 5.41) is 7.58. The number of nitrogens with two attached hydrogens (primary N) is 1. The van der Waals surface area contributed by atoms with Crippen molar-refractivity contribution in [1.82, 2.24) is 4.98 Å². The number of pyridine rings is 1. The third kappa shape index (κ3) is 4.03. The molecule has 0 spiro atoms. The van der Waals surface area contributed by atoms with Crippen molar-refractivity contribution in [2.75, 3.05) is 11.9 Å². The van der Waals surface area contributed by atoms with E-state index in [1.54, 1.807) is 12.1 Å². The van der Waals surface area contributed by atoms with Gasteiger partial charge in [-0.2, -0.15) is 0 Å². The standard InChI is InChI=1S/C8H12ClN3O2S/c1-6(15(10,13)14)5-12-7-2-3-11-8(9)4-7/h2-4,6H,5H2,1H3,(H,11,12)(H2,10,13,14). The predicted molar refractivity (Wildman–Crippen MR) is 60.3 cm³/mol. The van der Waals surface area contributed by atoms with Gasteiger partial charge in [-0.3, -0.25) is 0 Å². The van der Waals surface area contributed by atoms with E-state index in [-0.39, 0.29) is 6.54 Å². The number of primary sulfonamides is 1. The monoisotopic (exact) mass is 249 g/mol. The zero-order chi connectivity index (χ0) is 11.5. The Balaban J connectivity index is 2.58. The van der Waals surface area contributed by atoms with Gasteiger partial charge < -0.3 is 5.32 Å². The van der Waals surface area contributed by atoms with Gasteiger partial charge in [0.2, 0.25) is 10.0 Å². The highest BCUT2D eigenvalue weighted by atomic mass is 35.5. The molecule has 0 radical (unpaired) electrons. The summed E-state index contributed by atoms with van der Waals surface area (Å²) in [4.78, 5) is 3.80. The third-order valence-corrected chi connectivity index (χ3v) is 3.38. The quantitative estimate of drug-likeness (QED) is 0.774. The summed E-state index contributed by atoms with van der Waals surface area (Å²) in [7, 11) is -3.49. The smallest absolute Gasteiger partial charge is 0.213 e. The fourth-order valence-corrected chi connectivity index (χ4v) is 1.38. The van der Waals surface area contributed by atoms with Crippen LogP contribution in [0.25, 0.3) is 0 Å². The van der Waals surface area contributed by atoms with E-state index in [0.717, 1.165) is 0 Å².